The lowest BCUT2D eigenvalue weighted by molar-refractivity contribution is -0.0529. The van der Waals surface area contributed by atoms with E-state index < -0.39 is 15.4 Å². The zero-order valence-corrected chi connectivity index (χ0v) is 25.3. The lowest BCUT2D eigenvalue weighted by Gasteiger charge is -2.59. The predicted molar refractivity (Wildman–Crippen MR) is 157 cm³/mol. The van der Waals surface area contributed by atoms with Gasteiger partial charge < -0.3 is 0 Å². The SMILES string of the molecule is CC(C)CCC[C@@H](C)[C@H]1CCC2C3CC=C4CC(C(c5ccccc5)S(=O)(=O)O)CC[C@]4(C)C3CC[C@@]21C. The molecule has 9 atom stereocenters. The number of hydrogen-bond donors (Lipinski definition) is 1. The average Bonchev–Trinajstić information content (AvgIpc) is 3.21. The molecule has 4 heteroatoms. The fraction of sp³-hybridized carbons (Fsp3) is 0.765. The topological polar surface area (TPSA) is 54.4 Å². The molecule has 0 bridgehead atoms. The number of allylic oxidation sites excluding steroid dienone is 2. The minimum Gasteiger partial charge on any atom is -0.285 e. The van der Waals surface area contributed by atoms with E-state index >= 15 is 0 Å². The number of rotatable bonds is 8. The molecule has 5 rings (SSSR count). The minimum absolute atomic E-state index is 0.0559. The number of hydrogen-bond acceptors (Lipinski definition) is 2. The average molecular weight is 541 g/mol. The molecule has 3 nitrogen and oxygen atoms in total. The van der Waals surface area contributed by atoms with Crippen molar-refractivity contribution < 1.29 is 13.0 Å². The van der Waals surface area contributed by atoms with E-state index in [1.165, 1.54) is 56.9 Å². The van der Waals surface area contributed by atoms with Gasteiger partial charge in [0, 0.05) is 0 Å². The van der Waals surface area contributed by atoms with Crippen LogP contribution in [0.3, 0.4) is 0 Å². The van der Waals surface area contributed by atoms with Gasteiger partial charge in [-0.3, -0.25) is 4.55 Å². The molecule has 1 N–H and O–H groups in total. The molecule has 5 unspecified atom stereocenters. The van der Waals surface area contributed by atoms with Crippen LogP contribution in [0, 0.1) is 52.3 Å². The summed E-state index contributed by atoms with van der Waals surface area (Å²) in [7, 11) is -4.17. The van der Waals surface area contributed by atoms with E-state index in [0.29, 0.717) is 5.41 Å². The first-order valence-corrected chi connectivity index (χ1v) is 17.2. The van der Waals surface area contributed by atoms with Crippen molar-refractivity contribution in [3.05, 3.63) is 47.5 Å². The molecule has 1 aromatic rings. The van der Waals surface area contributed by atoms with Gasteiger partial charge in [-0.05, 0) is 109 Å². The van der Waals surface area contributed by atoms with Gasteiger partial charge in [0.15, 0.2) is 0 Å². The van der Waals surface area contributed by atoms with Crippen molar-refractivity contribution in [2.75, 3.05) is 0 Å². The van der Waals surface area contributed by atoms with Crippen LogP contribution in [-0.2, 0) is 10.1 Å². The summed E-state index contributed by atoms with van der Waals surface area (Å²) >= 11 is 0. The van der Waals surface area contributed by atoms with Crippen molar-refractivity contribution in [1.82, 2.24) is 0 Å². The van der Waals surface area contributed by atoms with Gasteiger partial charge in [0.2, 0.25) is 0 Å². The number of benzene rings is 1. The maximum absolute atomic E-state index is 12.6. The van der Waals surface area contributed by atoms with E-state index in [9.17, 15) is 13.0 Å². The molecule has 0 aromatic heterocycles. The highest BCUT2D eigenvalue weighted by Gasteiger charge is 2.59. The first kappa shape index (κ1) is 28.4. The molecule has 0 amide bonds. The largest absolute Gasteiger partial charge is 0.285 e. The van der Waals surface area contributed by atoms with Gasteiger partial charge in [-0.1, -0.05) is 95.9 Å². The van der Waals surface area contributed by atoms with Crippen LogP contribution in [0.1, 0.15) is 116 Å². The summed E-state index contributed by atoms with van der Waals surface area (Å²) in [5, 5.41) is -0.825. The van der Waals surface area contributed by atoms with Crippen molar-refractivity contribution in [3.8, 4) is 0 Å². The molecule has 1 aromatic carbocycles. The maximum Gasteiger partial charge on any atom is 0.272 e. The molecule has 4 aliphatic carbocycles. The van der Waals surface area contributed by atoms with Gasteiger partial charge in [0.05, 0.1) is 0 Å². The van der Waals surface area contributed by atoms with Crippen LogP contribution in [0.25, 0.3) is 0 Å². The Balaban J connectivity index is 1.33. The predicted octanol–water partition coefficient (Wildman–Crippen LogP) is 9.27. The molecular weight excluding hydrogens is 488 g/mol. The molecule has 38 heavy (non-hydrogen) atoms. The molecule has 3 fully saturated rings. The van der Waals surface area contributed by atoms with Gasteiger partial charge >= 0.3 is 0 Å². The lowest BCUT2D eigenvalue weighted by Crippen LogP contribution is -2.50. The fourth-order valence-corrected chi connectivity index (χ4v) is 11.5. The van der Waals surface area contributed by atoms with Crippen LogP contribution in [0.2, 0.25) is 0 Å². The first-order chi connectivity index (χ1) is 17.9. The third-order valence-electron chi connectivity index (χ3n) is 12.2. The molecule has 4 aliphatic rings. The van der Waals surface area contributed by atoms with Crippen LogP contribution in [0.5, 0.6) is 0 Å². The molecule has 3 saturated carbocycles. The van der Waals surface area contributed by atoms with Crippen LogP contribution in [-0.4, -0.2) is 13.0 Å². The van der Waals surface area contributed by atoms with Crippen molar-refractivity contribution >= 4 is 10.1 Å². The Labute approximate surface area is 233 Å². The van der Waals surface area contributed by atoms with E-state index in [1.807, 2.05) is 30.3 Å². The molecule has 0 saturated heterocycles. The summed E-state index contributed by atoms with van der Waals surface area (Å²) < 4.78 is 35.4. The number of fused-ring (bicyclic) bond motifs is 5. The van der Waals surface area contributed by atoms with E-state index in [0.717, 1.165) is 60.3 Å². The summed E-state index contributed by atoms with van der Waals surface area (Å²) in [5.41, 5.74) is 2.88. The van der Waals surface area contributed by atoms with Crippen LogP contribution in [0.4, 0.5) is 0 Å². The third kappa shape index (κ3) is 5.06. The van der Waals surface area contributed by atoms with Crippen molar-refractivity contribution in [1.29, 1.82) is 0 Å². The van der Waals surface area contributed by atoms with Crippen molar-refractivity contribution in [2.24, 2.45) is 52.3 Å². The first-order valence-electron chi connectivity index (χ1n) is 15.7. The van der Waals surface area contributed by atoms with Crippen molar-refractivity contribution in [3.63, 3.8) is 0 Å². The Bertz CT molecular complexity index is 1110. The molecule has 0 spiro atoms. The monoisotopic (exact) mass is 540 g/mol. The van der Waals surface area contributed by atoms with Gasteiger partial charge in [0.25, 0.3) is 10.1 Å². The highest BCUT2D eigenvalue weighted by atomic mass is 32.2. The van der Waals surface area contributed by atoms with Gasteiger partial charge in [0.1, 0.15) is 5.25 Å². The Morgan fingerprint density at radius 3 is 2.37 bits per heavy atom. The smallest absolute Gasteiger partial charge is 0.272 e. The highest BCUT2D eigenvalue weighted by molar-refractivity contribution is 7.86. The second-order valence-electron chi connectivity index (χ2n) is 14.6. The second-order valence-corrected chi connectivity index (χ2v) is 16.2. The van der Waals surface area contributed by atoms with Crippen molar-refractivity contribution in [2.45, 2.75) is 110 Å². The summed E-state index contributed by atoms with van der Waals surface area (Å²) in [6, 6.07) is 9.39. The maximum atomic E-state index is 12.6. The third-order valence-corrected chi connectivity index (χ3v) is 13.5. The van der Waals surface area contributed by atoms with Gasteiger partial charge in [-0.15, -0.1) is 0 Å². The normalized spacial score (nSPS) is 38.6. The van der Waals surface area contributed by atoms with Gasteiger partial charge in [-0.25, -0.2) is 0 Å². The molecule has 0 aliphatic heterocycles. The van der Waals surface area contributed by atoms with E-state index in [2.05, 4.69) is 40.7 Å². The fourth-order valence-electron chi connectivity index (χ4n) is 10.3. The summed E-state index contributed by atoms with van der Waals surface area (Å²) in [4.78, 5) is 0. The van der Waals surface area contributed by atoms with E-state index in [4.69, 9.17) is 0 Å². The van der Waals surface area contributed by atoms with Crippen LogP contribution in [0.15, 0.2) is 42.0 Å². The Kier molecular flexibility index (Phi) is 7.99. The Morgan fingerprint density at radius 1 is 0.947 bits per heavy atom. The molecule has 0 radical (unpaired) electrons. The Hall–Kier alpha value is -1.13. The summed E-state index contributed by atoms with van der Waals surface area (Å²) in [6.07, 6.45) is 16.0. The summed E-state index contributed by atoms with van der Waals surface area (Å²) in [5.74, 6) is 4.79. The standard InChI is InChI=1S/C34H52O3S/c1-23(2)10-9-11-24(3)29-16-17-30-28-15-14-27-22-26(32(38(35,36)37)25-12-7-6-8-13-25)18-20-33(27,4)31(28)19-21-34(29,30)5/h6-8,12-14,23-24,26,28-32H,9-11,15-22H2,1-5H3,(H,35,36,37)/t24-,26?,28?,29-,30?,31?,32?,33+,34-/m1/s1. The van der Waals surface area contributed by atoms with E-state index in [1.54, 1.807) is 0 Å². The zero-order chi connectivity index (χ0) is 27.3. The van der Waals surface area contributed by atoms with Gasteiger partial charge in [-0.2, -0.15) is 8.42 Å². The quantitative estimate of drug-likeness (QED) is 0.264. The highest BCUT2D eigenvalue weighted by Crippen LogP contribution is 2.68. The lowest BCUT2D eigenvalue weighted by atomic mass is 9.46. The minimum atomic E-state index is -4.17. The second kappa shape index (κ2) is 10.7. The zero-order valence-electron chi connectivity index (χ0n) is 24.5. The molecule has 0 heterocycles. The molecular formula is C34H52O3S. The van der Waals surface area contributed by atoms with E-state index in [-0.39, 0.29) is 11.3 Å². The summed E-state index contributed by atoms with van der Waals surface area (Å²) in [6.45, 7) is 12.4. The Morgan fingerprint density at radius 2 is 1.68 bits per heavy atom. The molecule has 212 valence electrons. The van der Waals surface area contributed by atoms with Crippen LogP contribution >= 0.6 is 0 Å². The van der Waals surface area contributed by atoms with Crippen LogP contribution < -0.4 is 0 Å².